The van der Waals surface area contributed by atoms with Gasteiger partial charge in [-0.15, -0.1) is 0 Å². The predicted molar refractivity (Wildman–Crippen MR) is 104 cm³/mol. The fourth-order valence-corrected chi connectivity index (χ4v) is 3.69. The van der Waals surface area contributed by atoms with E-state index in [-0.39, 0.29) is 12.1 Å². The molecule has 1 aromatic rings. The van der Waals surface area contributed by atoms with Crippen molar-refractivity contribution in [3.63, 3.8) is 0 Å². The molecule has 2 aliphatic rings. The average molecular weight is 388 g/mol. The van der Waals surface area contributed by atoms with Gasteiger partial charge in [0.15, 0.2) is 11.5 Å². The first-order chi connectivity index (χ1) is 13.5. The SMILES string of the molecule is C=C1NC(=O)N[C@@H](c2ccc(OCCC)c(OC)c2)[C@H]1C(=O)OC1CCCC1. The molecule has 1 saturated heterocycles. The van der Waals surface area contributed by atoms with E-state index in [0.29, 0.717) is 23.8 Å². The normalized spacial score (nSPS) is 22.4. The van der Waals surface area contributed by atoms with Crippen molar-refractivity contribution in [1.82, 2.24) is 10.6 Å². The Labute approximate surface area is 165 Å². The molecule has 1 saturated carbocycles. The van der Waals surface area contributed by atoms with E-state index in [0.717, 1.165) is 37.7 Å². The number of ether oxygens (including phenoxy) is 3. The van der Waals surface area contributed by atoms with Crippen LogP contribution >= 0.6 is 0 Å². The Morgan fingerprint density at radius 3 is 2.68 bits per heavy atom. The lowest BCUT2D eigenvalue weighted by molar-refractivity contribution is -0.153. The minimum absolute atomic E-state index is 0.0575. The summed E-state index contributed by atoms with van der Waals surface area (Å²) < 4.78 is 16.8. The third-order valence-corrected chi connectivity index (χ3v) is 5.12. The van der Waals surface area contributed by atoms with E-state index in [4.69, 9.17) is 14.2 Å². The zero-order chi connectivity index (χ0) is 20.1. The Morgan fingerprint density at radius 1 is 1.25 bits per heavy atom. The van der Waals surface area contributed by atoms with Crippen LogP contribution in [-0.4, -0.2) is 31.8 Å². The molecule has 0 aromatic heterocycles. The van der Waals surface area contributed by atoms with Gasteiger partial charge in [0.25, 0.3) is 0 Å². The van der Waals surface area contributed by atoms with Crippen molar-refractivity contribution in [2.24, 2.45) is 5.92 Å². The molecule has 7 heteroatoms. The van der Waals surface area contributed by atoms with E-state index < -0.39 is 18.0 Å². The number of carbonyl (C=O) groups excluding carboxylic acids is 2. The van der Waals surface area contributed by atoms with Crippen LogP contribution in [0.2, 0.25) is 0 Å². The molecule has 0 spiro atoms. The van der Waals surface area contributed by atoms with Crippen LogP contribution in [0.5, 0.6) is 11.5 Å². The van der Waals surface area contributed by atoms with Gasteiger partial charge in [0, 0.05) is 5.70 Å². The fourth-order valence-electron chi connectivity index (χ4n) is 3.69. The van der Waals surface area contributed by atoms with Gasteiger partial charge >= 0.3 is 12.0 Å². The highest BCUT2D eigenvalue weighted by atomic mass is 16.5. The second-order valence-electron chi connectivity index (χ2n) is 7.18. The summed E-state index contributed by atoms with van der Waals surface area (Å²) in [6, 6.07) is 4.41. The Kier molecular flexibility index (Phi) is 6.44. The van der Waals surface area contributed by atoms with Crippen LogP contribution in [0.4, 0.5) is 4.79 Å². The lowest BCUT2D eigenvalue weighted by atomic mass is 9.88. The molecular formula is C21H28N2O5. The van der Waals surface area contributed by atoms with E-state index >= 15 is 0 Å². The van der Waals surface area contributed by atoms with Gasteiger partial charge in [-0.25, -0.2) is 4.79 Å². The predicted octanol–water partition coefficient (Wildman–Crippen LogP) is 3.45. The van der Waals surface area contributed by atoms with Gasteiger partial charge in [0.1, 0.15) is 12.0 Å². The molecule has 1 aliphatic carbocycles. The van der Waals surface area contributed by atoms with Gasteiger partial charge in [-0.3, -0.25) is 4.79 Å². The quantitative estimate of drug-likeness (QED) is 0.699. The molecule has 0 radical (unpaired) electrons. The number of rotatable bonds is 7. The van der Waals surface area contributed by atoms with E-state index in [1.165, 1.54) is 0 Å². The molecule has 28 heavy (non-hydrogen) atoms. The second-order valence-corrected chi connectivity index (χ2v) is 7.18. The molecule has 0 unspecified atom stereocenters. The molecule has 2 atom stereocenters. The highest BCUT2D eigenvalue weighted by Crippen LogP contribution is 2.36. The molecule has 1 aromatic carbocycles. The van der Waals surface area contributed by atoms with Gasteiger partial charge in [0.2, 0.25) is 0 Å². The van der Waals surface area contributed by atoms with Crippen LogP contribution in [0.15, 0.2) is 30.5 Å². The summed E-state index contributed by atoms with van der Waals surface area (Å²) in [5.41, 5.74) is 1.06. The molecule has 1 heterocycles. The number of benzene rings is 1. The number of hydrogen-bond donors (Lipinski definition) is 2. The molecule has 7 nitrogen and oxygen atoms in total. The van der Waals surface area contributed by atoms with Crippen molar-refractivity contribution in [2.75, 3.05) is 13.7 Å². The number of hydrogen-bond acceptors (Lipinski definition) is 5. The van der Waals surface area contributed by atoms with Gasteiger partial charge in [-0.05, 0) is 49.8 Å². The van der Waals surface area contributed by atoms with E-state index in [2.05, 4.69) is 17.2 Å². The average Bonchev–Trinajstić information content (AvgIpc) is 3.18. The summed E-state index contributed by atoms with van der Waals surface area (Å²) >= 11 is 0. The van der Waals surface area contributed by atoms with E-state index in [1.54, 1.807) is 19.2 Å². The van der Waals surface area contributed by atoms with Gasteiger partial charge in [-0.1, -0.05) is 19.6 Å². The molecular weight excluding hydrogens is 360 g/mol. The summed E-state index contributed by atoms with van der Waals surface area (Å²) in [5, 5.41) is 5.43. The number of carbonyl (C=O) groups is 2. The smallest absolute Gasteiger partial charge is 0.319 e. The number of nitrogens with one attached hydrogen (secondary N) is 2. The molecule has 3 rings (SSSR count). The topological polar surface area (TPSA) is 85.9 Å². The van der Waals surface area contributed by atoms with Gasteiger partial charge in [0.05, 0.1) is 19.8 Å². The van der Waals surface area contributed by atoms with Crippen molar-refractivity contribution < 1.29 is 23.8 Å². The van der Waals surface area contributed by atoms with Crippen LogP contribution in [0, 0.1) is 5.92 Å². The summed E-state index contributed by atoms with van der Waals surface area (Å²) in [5.74, 6) is 0.0783. The lowest BCUT2D eigenvalue weighted by Crippen LogP contribution is -2.51. The molecule has 2 fully saturated rings. The number of urea groups is 1. The summed E-state index contributed by atoms with van der Waals surface area (Å²) in [6.45, 7) is 6.49. The van der Waals surface area contributed by atoms with Crippen LogP contribution in [0.3, 0.4) is 0 Å². The standard InChI is InChI=1S/C21H28N2O5/c1-4-11-27-16-10-9-14(12-17(16)26-3)19-18(13(2)22-21(25)23-19)20(24)28-15-7-5-6-8-15/h9-10,12,15,18-19H,2,4-8,11H2,1,3H3,(H2,22,23,25)/t18-,19-/m0/s1. The maximum absolute atomic E-state index is 12.9. The Bertz CT molecular complexity index is 742. The van der Waals surface area contributed by atoms with E-state index in [9.17, 15) is 9.59 Å². The highest BCUT2D eigenvalue weighted by Gasteiger charge is 2.40. The molecule has 0 bridgehead atoms. The first kappa shape index (κ1) is 20.0. The summed E-state index contributed by atoms with van der Waals surface area (Å²) in [7, 11) is 1.56. The molecule has 2 amide bonds. The third kappa shape index (κ3) is 4.40. The minimum atomic E-state index is -0.717. The van der Waals surface area contributed by atoms with Gasteiger partial charge in [-0.2, -0.15) is 0 Å². The van der Waals surface area contributed by atoms with Gasteiger partial charge < -0.3 is 24.8 Å². The number of esters is 1. The summed E-state index contributed by atoms with van der Waals surface area (Å²) in [6.07, 6.45) is 4.72. The Balaban J connectivity index is 1.85. The highest BCUT2D eigenvalue weighted by molar-refractivity contribution is 5.85. The second kappa shape index (κ2) is 8.99. The van der Waals surface area contributed by atoms with Crippen LogP contribution in [0.25, 0.3) is 0 Å². The van der Waals surface area contributed by atoms with Crippen molar-refractivity contribution in [3.05, 3.63) is 36.0 Å². The zero-order valence-electron chi connectivity index (χ0n) is 16.5. The first-order valence-corrected chi connectivity index (χ1v) is 9.81. The van der Waals surface area contributed by atoms with Crippen molar-refractivity contribution in [3.8, 4) is 11.5 Å². The van der Waals surface area contributed by atoms with Crippen LogP contribution in [0.1, 0.15) is 50.6 Å². The zero-order valence-corrected chi connectivity index (χ0v) is 16.5. The molecule has 152 valence electrons. The number of methoxy groups -OCH3 is 1. The largest absolute Gasteiger partial charge is 0.493 e. The monoisotopic (exact) mass is 388 g/mol. The lowest BCUT2D eigenvalue weighted by Gasteiger charge is -2.34. The maximum atomic E-state index is 12.9. The first-order valence-electron chi connectivity index (χ1n) is 9.81. The van der Waals surface area contributed by atoms with Crippen molar-refractivity contribution in [2.45, 2.75) is 51.2 Å². The third-order valence-electron chi connectivity index (χ3n) is 5.12. The van der Waals surface area contributed by atoms with Crippen molar-refractivity contribution >= 4 is 12.0 Å². The number of amides is 2. The Morgan fingerprint density at radius 2 is 2.00 bits per heavy atom. The van der Waals surface area contributed by atoms with E-state index in [1.807, 2.05) is 13.0 Å². The van der Waals surface area contributed by atoms with Crippen LogP contribution < -0.4 is 20.1 Å². The summed E-state index contributed by atoms with van der Waals surface area (Å²) in [4.78, 5) is 24.9. The van der Waals surface area contributed by atoms with Crippen molar-refractivity contribution in [1.29, 1.82) is 0 Å². The molecule has 2 N–H and O–H groups in total. The Hall–Kier alpha value is -2.70. The maximum Gasteiger partial charge on any atom is 0.319 e. The van der Waals surface area contributed by atoms with Crippen LogP contribution in [-0.2, 0) is 9.53 Å². The minimum Gasteiger partial charge on any atom is -0.493 e. The molecule has 1 aliphatic heterocycles. The fraction of sp³-hybridized carbons (Fsp3) is 0.524.